The second kappa shape index (κ2) is 5.58. The van der Waals surface area contributed by atoms with E-state index in [4.69, 9.17) is 10.5 Å². The van der Waals surface area contributed by atoms with Crippen LogP contribution in [0.1, 0.15) is 24.2 Å². The van der Waals surface area contributed by atoms with E-state index in [2.05, 4.69) is 18.2 Å². The summed E-state index contributed by atoms with van der Waals surface area (Å²) in [5.74, 6) is 0. The highest BCUT2D eigenvalue weighted by Gasteiger charge is 2.02. The summed E-state index contributed by atoms with van der Waals surface area (Å²) >= 11 is 0. The van der Waals surface area contributed by atoms with Crippen molar-refractivity contribution in [1.82, 2.24) is 0 Å². The van der Waals surface area contributed by atoms with Gasteiger partial charge in [-0.15, -0.1) is 0 Å². The summed E-state index contributed by atoms with van der Waals surface area (Å²) in [5.41, 5.74) is 7.74. The van der Waals surface area contributed by atoms with Gasteiger partial charge in [0.05, 0.1) is 6.10 Å². The molecule has 76 valence electrons. The largest absolute Gasteiger partial charge is 0.377 e. The Kier molecular flexibility index (Phi) is 4.36. The van der Waals surface area contributed by atoms with E-state index >= 15 is 0 Å². The van der Waals surface area contributed by atoms with Gasteiger partial charge in [-0.1, -0.05) is 30.4 Å². The predicted molar refractivity (Wildman–Crippen MR) is 60.0 cm³/mol. The third-order valence-corrected chi connectivity index (χ3v) is 2.18. The van der Waals surface area contributed by atoms with Crippen LogP contribution in [0.5, 0.6) is 0 Å². The molecule has 1 rings (SSSR count). The molecule has 1 unspecified atom stereocenters. The second-order valence-corrected chi connectivity index (χ2v) is 3.19. The molecule has 0 aromatic heterocycles. The van der Waals surface area contributed by atoms with Gasteiger partial charge in [0.15, 0.2) is 0 Å². The van der Waals surface area contributed by atoms with Crippen molar-refractivity contribution in [2.24, 2.45) is 5.73 Å². The molecule has 0 heterocycles. The van der Waals surface area contributed by atoms with Gasteiger partial charge in [0.1, 0.15) is 0 Å². The molecule has 14 heavy (non-hydrogen) atoms. The van der Waals surface area contributed by atoms with Crippen molar-refractivity contribution in [3.63, 3.8) is 0 Å². The molecule has 0 aliphatic rings. The minimum atomic E-state index is 0.140. The van der Waals surface area contributed by atoms with Gasteiger partial charge in [-0.05, 0) is 24.1 Å². The zero-order valence-corrected chi connectivity index (χ0v) is 8.73. The van der Waals surface area contributed by atoms with Crippen LogP contribution in [0.15, 0.2) is 30.3 Å². The van der Waals surface area contributed by atoms with Crippen molar-refractivity contribution < 1.29 is 4.74 Å². The number of hydrogen-bond acceptors (Lipinski definition) is 2. The van der Waals surface area contributed by atoms with E-state index in [1.807, 2.05) is 25.1 Å². The maximum Gasteiger partial charge on any atom is 0.0793 e. The van der Waals surface area contributed by atoms with E-state index in [1.165, 1.54) is 5.56 Å². The average Bonchev–Trinajstić information content (AvgIpc) is 2.25. The molecule has 2 heteroatoms. The summed E-state index contributed by atoms with van der Waals surface area (Å²) in [7, 11) is 1.72. The normalized spacial score (nSPS) is 13.4. The quantitative estimate of drug-likeness (QED) is 0.793. The predicted octanol–water partition coefficient (Wildman–Crippen LogP) is 2.37. The lowest BCUT2D eigenvalue weighted by molar-refractivity contribution is 0.119. The van der Waals surface area contributed by atoms with Gasteiger partial charge in [0.25, 0.3) is 0 Å². The molecule has 0 aliphatic heterocycles. The van der Waals surface area contributed by atoms with Crippen LogP contribution >= 0.6 is 0 Å². The highest BCUT2D eigenvalue weighted by Crippen LogP contribution is 2.17. The van der Waals surface area contributed by atoms with Gasteiger partial charge >= 0.3 is 0 Å². The number of benzene rings is 1. The Hall–Kier alpha value is -1.12. The Balaban J connectivity index is 2.83. The van der Waals surface area contributed by atoms with Gasteiger partial charge in [-0.3, -0.25) is 0 Å². The molecule has 0 spiro atoms. The van der Waals surface area contributed by atoms with Gasteiger partial charge < -0.3 is 10.5 Å². The summed E-state index contributed by atoms with van der Waals surface area (Å²) in [4.78, 5) is 0. The molecule has 0 amide bonds. The molecule has 0 fully saturated rings. The molecule has 1 aromatic carbocycles. The molecule has 1 atom stereocenters. The summed E-state index contributed by atoms with van der Waals surface area (Å²) in [6.07, 6.45) is 4.10. The van der Waals surface area contributed by atoms with Crippen LogP contribution in [0.3, 0.4) is 0 Å². The first-order valence-electron chi connectivity index (χ1n) is 4.77. The van der Waals surface area contributed by atoms with Crippen LogP contribution in [0.4, 0.5) is 0 Å². The van der Waals surface area contributed by atoms with Crippen LogP contribution in [0.25, 0.3) is 6.08 Å². The lowest BCUT2D eigenvalue weighted by Crippen LogP contribution is -1.96. The smallest absolute Gasteiger partial charge is 0.0793 e. The van der Waals surface area contributed by atoms with Gasteiger partial charge in [-0.25, -0.2) is 0 Å². The van der Waals surface area contributed by atoms with E-state index < -0.39 is 0 Å². The van der Waals surface area contributed by atoms with E-state index in [9.17, 15) is 0 Å². The highest BCUT2D eigenvalue weighted by atomic mass is 16.5. The highest BCUT2D eigenvalue weighted by molar-refractivity contribution is 5.50. The summed E-state index contributed by atoms with van der Waals surface area (Å²) in [6, 6.07) is 8.26. The van der Waals surface area contributed by atoms with Crippen molar-refractivity contribution >= 4 is 6.08 Å². The molecule has 0 aliphatic carbocycles. The van der Waals surface area contributed by atoms with Crippen LogP contribution in [0, 0.1) is 0 Å². The zero-order valence-electron chi connectivity index (χ0n) is 8.73. The monoisotopic (exact) mass is 191 g/mol. The molecule has 0 saturated carbocycles. The maximum absolute atomic E-state index is 5.39. The Morgan fingerprint density at radius 3 is 2.93 bits per heavy atom. The van der Waals surface area contributed by atoms with Gasteiger partial charge in [-0.2, -0.15) is 0 Å². The fourth-order valence-corrected chi connectivity index (χ4v) is 1.26. The minimum Gasteiger partial charge on any atom is -0.377 e. The number of nitrogens with two attached hydrogens (primary N) is 1. The zero-order chi connectivity index (χ0) is 10.4. The molecular weight excluding hydrogens is 174 g/mol. The summed E-state index contributed by atoms with van der Waals surface area (Å²) < 4.78 is 5.25. The van der Waals surface area contributed by atoms with E-state index in [0.29, 0.717) is 6.54 Å². The molecular formula is C12H17NO. The fraction of sp³-hybridized carbons (Fsp3) is 0.333. The van der Waals surface area contributed by atoms with E-state index in [0.717, 1.165) is 5.56 Å². The third-order valence-electron chi connectivity index (χ3n) is 2.18. The van der Waals surface area contributed by atoms with Gasteiger partial charge in [0, 0.05) is 13.7 Å². The van der Waals surface area contributed by atoms with Gasteiger partial charge in [0.2, 0.25) is 0 Å². The first kappa shape index (κ1) is 11.0. The first-order chi connectivity index (χ1) is 6.77. The molecule has 2 N–H and O–H groups in total. The molecule has 0 saturated heterocycles. The number of rotatable bonds is 4. The van der Waals surface area contributed by atoms with E-state index in [-0.39, 0.29) is 6.10 Å². The van der Waals surface area contributed by atoms with Crippen molar-refractivity contribution in [1.29, 1.82) is 0 Å². The Morgan fingerprint density at radius 2 is 2.29 bits per heavy atom. The summed E-state index contributed by atoms with van der Waals surface area (Å²) in [6.45, 7) is 2.61. The lowest BCUT2D eigenvalue weighted by Gasteiger charge is -2.09. The molecule has 0 radical (unpaired) electrons. The molecule has 2 nitrogen and oxygen atoms in total. The Bertz CT molecular complexity index is 307. The van der Waals surface area contributed by atoms with Crippen LogP contribution in [-0.2, 0) is 4.74 Å². The van der Waals surface area contributed by atoms with Crippen molar-refractivity contribution in [2.75, 3.05) is 13.7 Å². The van der Waals surface area contributed by atoms with E-state index in [1.54, 1.807) is 7.11 Å². The average molecular weight is 191 g/mol. The Morgan fingerprint density at radius 1 is 1.50 bits per heavy atom. The molecule has 1 aromatic rings. The number of hydrogen-bond donors (Lipinski definition) is 1. The van der Waals surface area contributed by atoms with Crippen molar-refractivity contribution in [2.45, 2.75) is 13.0 Å². The lowest BCUT2D eigenvalue weighted by atomic mass is 10.1. The minimum absolute atomic E-state index is 0.140. The number of ether oxygens (including phenoxy) is 1. The van der Waals surface area contributed by atoms with Crippen LogP contribution in [-0.4, -0.2) is 13.7 Å². The number of methoxy groups -OCH3 is 1. The summed E-state index contributed by atoms with van der Waals surface area (Å²) in [5, 5.41) is 0. The maximum atomic E-state index is 5.39. The first-order valence-corrected chi connectivity index (χ1v) is 4.77. The molecule has 0 bridgehead atoms. The van der Waals surface area contributed by atoms with Crippen molar-refractivity contribution in [3.8, 4) is 0 Å². The second-order valence-electron chi connectivity index (χ2n) is 3.19. The fourth-order valence-electron chi connectivity index (χ4n) is 1.26. The standard InChI is InChI=1S/C12H17NO/c1-10(14-2)12-7-3-5-11(9-12)6-4-8-13/h3-7,9-10H,8,13H2,1-2H3/b6-4+. The SMILES string of the molecule is COC(C)c1cccc(/C=C/CN)c1. The van der Waals surface area contributed by atoms with Crippen LogP contribution < -0.4 is 5.73 Å². The Labute approximate surface area is 85.4 Å². The third kappa shape index (κ3) is 2.98. The van der Waals surface area contributed by atoms with Crippen LogP contribution in [0.2, 0.25) is 0 Å². The topological polar surface area (TPSA) is 35.2 Å². The van der Waals surface area contributed by atoms with Crippen molar-refractivity contribution in [3.05, 3.63) is 41.5 Å².